The molecule has 0 bridgehead atoms. The van der Waals surface area contributed by atoms with Gasteiger partial charge in [0, 0.05) is 19.5 Å². The Morgan fingerprint density at radius 2 is 1.55 bits per heavy atom. The van der Waals surface area contributed by atoms with Crippen LogP contribution in [-0.4, -0.2) is 12.2 Å². The molecule has 7 heteroatoms. The summed E-state index contributed by atoms with van der Waals surface area (Å²) < 4.78 is 41.6. The fraction of sp³-hybridized carbons (Fsp3) is 0.538. The lowest BCUT2D eigenvalue weighted by molar-refractivity contribution is -0.184. The first-order valence-corrected chi connectivity index (χ1v) is 8.64. The smallest absolute Gasteiger partial charge is 0.380 e. The Bertz CT molecular complexity index is 467. The van der Waals surface area contributed by atoms with Crippen LogP contribution < -0.4 is 5.32 Å². The van der Waals surface area contributed by atoms with E-state index in [2.05, 4.69) is 53.1 Å². The molecule has 0 saturated heterocycles. The van der Waals surface area contributed by atoms with Crippen LogP contribution in [0.15, 0.2) is 25.6 Å². The number of rotatable bonds is 2. The lowest BCUT2D eigenvalue weighted by Crippen LogP contribution is -2.41. The number of nitrogens with one attached hydrogen (secondary N) is 1. The van der Waals surface area contributed by atoms with Crippen molar-refractivity contribution in [3.05, 3.63) is 25.6 Å². The molecule has 1 aromatic carbocycles. The molecule has 1 aliphatic rings. The Kier molecular flexibility index (Phi) is 5.46. The van der Waals surface area contributed by atoms with E-state index in [1.54, 1.807) is 0 Å². The zero-order valence-corrected chi connectivity index (χ0v) is 15.2. The molecule has 20 heavy (non-hydrogen) atoms. The van der Waals surface area contributed by atoms with Gasteiger partial charge < -0.3 is 5.32 Å². The molecule has 2 atom stereocenters. The lowest BCUT2D eigenvalue weighted by atomic mass is 9.84. The van der Waals surface area contributed by atoms with Crippen LogP contribution in [0.5, 0.6) is 0 Å². The Balaban J connectivity index is 2.23. The van der Waals surface area contributed by atoms with E-state index in [9.17, 15) is 13.2 Å². The van der Waals surface area contributed by atoms with Crippen LogP contribution in [0.3, 0.4) is 0 Å². The maximum absolute atomic E-state index is 13.1. The van der Waals surface area contributed by atoms with E-state index in [4.69, 9.17) is 0 Å². The van der Waals surface area contributed by atoms with E-state index in [0.717, 1.165) is 19.8 Å². The van der Waals surface area contributed by atoms with Crippen LogP contribution in [0.4, 0.5) is 18.9 Å². The van der Waals surface area contributed by atoms with Gasteiger partial charge in [-0.15, -0.1) is 0 Å². The van der Waals surface area contributed by atoms with Crippen LogP contribution in [0.2, 0.25) is 0 Å². The first kappa shape index (κ1) is 16.6. The Hall–Kier alpha value is 0.250. The molecule has 0 aliphatic heterocycles. The minimum Gasteiger partial charge on any atom is -0.380 e. The molecule has 1 aliphatic carbocycles. The zero-order valence-electron chi connectivity index (χ0n) is 10.4. The summed E-state index contributed by atoms with van der Waals surface area (Å²) in [5.41, 5.74) is 0.675. The van der Waals surface area contributed by atoms with Crippen molar-refractivity contribution in [2.45, 2.75) is 37.9 Å². The van der Waals surface area contributed by atoms with Crippen molar-refractivity contribution in [2.24, 2.45) is 5.92 Å². The van der Waals surface area contributed by atoms with Gasteiger partial charge in [0.1, 0.15) is 0 Å². The fourth-order valence-corrected chi connectivity index (χ4v) is 5.05. The molecular weight excluding hydrogens is 467 g/mol. The molecule has 0 spiro atoms. The van der Waals surface area contributed by atoms with E-state index >= 15 is 0 Å². The summed E-state index contributed by atoms with van der Waals surface area (Å²) in [4.78, 5) is 0. The average Bonchev–Trinajstić information content (AvgIpc) is 2.33. The second-order valence-corrected chi connectivity index (χ2v) is 7.55. The number of anilines is 1. The summed E-state index contributed by atoms with van der Waals surface area (Å²) in [6, 6.07) is 3.06. The molecule has 0 amide bonds. The second kappa shape index (κ2) is 6.57. The number of halogens is 6. The summed E-state index contributed by atoms with van der Waals surface area (Å²) >= 11 is 10.1. The van der Waals surface area contributed by atoms with Crippen LogP contribution in [0.25, 0.3) is 0 Å². The summed E-state index contributed by atoms with van der Waals surface area (Å²) in [6.07, 6.45) is -1.93. The lowest BCUT2D eigenvalue weighted by Gasteiger charge is -2.34. The van der Waals surface area contributed by atoms with Crippen molar-refractivity contribution in [1.29, 1.82) is 0 Å². The van der Waals surface area contributed by atoms with Gasteiger partial charge in [-0.1, -0.05) is 28.8 Å². The van der Waals surface area contributed by atoms with Crippen molar-refractivity contribution in [3.8, 4) is 0 Å². The van der Waals surface area contributed by atoms with Crippen molar-refractivity contribution in [1.82, 2.24) is 0 Å². The van der Waals surface area contributed by atoms with Gasteiger partial charge >= 0.3 is 6.18 Å². The van der Waals surface area contributed by atoms with Crippen LogP contribution >= 0.6 is 47.8 Å². The SMILES string of the molecule is FC(F)(F)C1CCCCC1Nc1c(Br)cc(Br)cc1Br. The molecule has 2 unspecified atom stereocenters. The quantitative estimate of drug-likeness (QED) is 0.510. The summed E-state index contributed by atoms with van der Waals surface area (Å²) in [6.45, 7) is 0. The maximum Gasteiger partial charge on any atom is 0.393 e. The third kappa shape index (κ3) is 3.91. The first-order chi connectivity index (χ1) is 9.29. The third-order valence-corrected chi connectivity index (χ3v) is 5.23. The molecule has 1 fully saturated rings. The molecule has 1 N–H and O–H groups in total. The highest BCUT2D eigenvalue weighted by Gasteiger charge is 2.45. The normalized spacial score (nSPS) is 23.7. The Morgan fingerprint density at radius 1 is 1.00 bits per heavy atom. The van der Waals surface area contributed by atoms with E-state index in [-0.39, 0.29) is 6.42 Å². The highest BCUT2D eigenvalue weighted by atomic mass is 79.9. The Labute approximate surface area is 141 Å². The van der Waals surface area contributed by atoms with E-state index in [1.165, 1.54) is 0 Å². The standard InChI is InChI=1S/C13H13Br3F3N/c14-7-5-9(15)12(10(16)6-7)20-11-4-2-1-3-8(11)13(17,18)19/h5-6,8,11,20H,1-4H2. The van der Waals surface area contributed by atoms with Gasteiger partial charge in [0.05, 0.1) is 11.6 Å². The first-order valence-electron chi connectivity index (χ1n) is 6.27. The zero-order chi connectivity index (χ0) is 14.9. The molecule has 1 nitrogen and oxygen atoms in total. The largest absolute Gasteiger partial charge is 0.393 e. The monoisotopic (exact) mass is 477 g/mol. The average molecular weight is 480 g/mol. The van der Waals surface area contributed by atoms with Crippen molar-refractivity contribution in [2.75, 3.05) is 5.32 Å². The summed E-state index contributed by atoms with van der Waals surface area (Å²) in [7, 11) is 0. The second-order valence-electron chi connectivity index (χ2n) is 4.93. The van der Waals surface area contributed by atoms with Gasteiger partial charge in [-0.05, 0) is 56.8 Å². The molecule has 0 radical (unpaired) electrons. The van der Waals surface area contributed by atoms with Crippen molar-refractivity contribution >= 4 is 53.5 Å². The minimum absolute atomic E-state index is 0.201. The van der Waals surface area contributed by atoms with Gasteiger partial charge in [-0.2, -0.15) is 13.2 Å². The van der Waals surface area contributed by atoms with E-state index < -0.39 is 18.1 Å². The van der Waals surface area contributed by atoms with E-state index in [1.807, 2.05) is 12.1 Å². The molecule has 0 aromatic heterocycles. The van der Waals surface area contributed by atoms with Crippen LogP contribution in [0.1, 0.15) is 25.7 Å². The highest BCUT2D eigenvalue weighted by Crippen LogP contribution is 2.41. The van der Waals surface area contributed by atoms with Gasteiger partial charge in [0.15, 0.2) is 0 Å². The molecule has 112 valence electrons. The van der Waals surface area contributed by atoms with Gasteiger partial charge in [0.2, 0.25) is 0 Å². The summed E-state index contributed by atoms with van der Waals surface area (Å²) in [5.74, 6) is -1.28. The van der Waals surface area contributed by atoms with Crippen LogP contribution in [-0.2, 0) is 0 Å². The van der Waals surface area contributed by atoms with Gasteiger partial charge in [-0.25, -0.2) is 0 Å². The van der Waals surface area contributed by atoms with Gasteiger partial charge in [0.25, 0.3) is 0 Å². The third-order valence-electron chi connectivity index (χ3n) is 3.52. The highest BCUT2D eigenvalue weighted by molar-refractivity contribution is 9.11. The Morgan fingerprint density at radius 3 is 2.10 bits per heavy atom. The van der Waals surface area contributed by atoms with Gasteiger partial charge in [-0.3, -0.25) is 0 Å². The molecule has 1 aromatic rings. The number of benzene rings is 1. The number of hydrogen-bond donors (Lipinski definition) is 1. The summed E-state index contributed by atoms with van der Waals surface area (Å²) in [5, 5.41) is 3.07. The van der Waals surface area contributed by atoms with Crippen molar-refractivity contribution in [3.63, 3.8) is 0 Å². The predicted molar refractivity (Wildman–Crippen MR) is 85.0 cm³/mol. The molecule has 2 rings (SSSR count). The topological polar surface area (TPSA) is 12.0 Å². The molecule has 1 saturated carbocycles. The van der Waals surface area contributed by atoms with Crippen molar-refractivity contribution < 1.29 is 13.2 Å². The van der Waals surface area contributed by atoms with Crippen LogP contribution in [0, 0.1) is 5.92 Å². The minimum atomic E-state index is -4.15. The van der Waals surface area contributed by atoms with E-state index in [0.29, 0.717) is 18.5 Å². The maximum atomic E-state index is 13.1. The number of alkyl halides is 3. The number of hydrogen-bond acceptors (Lipinski definition) is 1. The fourth-order valence-electron chi connectivity index (χ4n) is 2.56. The molecular formula is C13H13Br3F3N. The molecule has 0 heterocycles. The predicted octanol–water partition coefficient (Wildman–Crippen LogP) is 6.51.